The van der Waals surface area contributed by atoms with Crippen molar-refractivity contribution in [2.24, 2.45) is 5.92 Å². The van der Waals surface area contributed by atoms with E-state index < -0.39 is 0 Å². The molecule has 0 spiro atoms. The smallest absolute Gasteiger partial charge is 0.120 e. The van der Waals surface area contributed by atoms with Gasteiger partial charge in [-0.1, -0.05) is 43.3 Å². The molecule has 1 aliphatic heterocycles. The van der Waals surface area contributed by atoms with Crippen LogP contribution in [0, 0.1) is 5.92 Å². The van der Waals surface area contributed by atoms with Crippen molar-refractivity contribution in [3.63, 3.8) is 0 Å². The van der Waals surface area contributed by atoms with Crippen molar-refractivity contribution in [1.29, 1.82) is 0 Å². The molecule has 1 fully saturated rings. The van der Waals surface area contributed by atoms with E-state index in [1.807, 2.05) is 6.07 Å². The Kier molecular flexibility index (Phi) is 5.19. The Morgan fingerprint density at radius 3 is 2.70 bits per heavy atom. The van der Waals surface area contributed by atoms with Crippen LogP contribution in [0.4, 0.5) is 5.69 Å². The molecular weight excluding hydrogens is 284 g/mol. The highest BCUT2D eigenvalue weighted by molar-refractivity contribution is 5.51. The lowest BCUT2D eigenvalue weighted by Crippen LogP contribution is -2.48. The van der Waals surface area contributed by atoms with E-state index in [2.05, 4.69) is 65.7 Å². The van der Waals surface area contributed by atoms with Crippen LogP contribution in [-0.4, -0.2) is 26.2 Å². The molecule has 122 valence electrons. The van der Waals surface area contributed by atoms with Gasteiger partial charge in [0, 0.05) is 37.4 Å². The van der Waals surface area contributed by atoms with E-state index in [9.17, 15) is 0 Å². The number of piperidine rings is 1. The van der Waals surface area contributed by atoms with E-state index in [-0.39, 0.29) is 0 Å². The molecule has 1 aliphatic rings. The molecule has 1 heterocycles. The second kappa shape index (κ2) is 7.51. The molecule has 0 saturated carbocycles. The highest BCUT2D eigenvalue weighted by atomic mass is 16.5. The van der Waals surface area contributed by atoms with Gasteiger partial charge >= 0.3 is 0 Å². The van der Waals surface area contributed by atoms with Gasteiger partial charge in [-0.15, -0.1) is 0 Å². The third kappa shape index (κ3) is 4.26. The summed E-state index contributed by atoms with van der Waals surface area (Å²) in [5, 5.41) is 3.72. The van der Waals surface area contributed by atoms with Crippen molar-refractivity contribution in [2.75, 3.05) is 25.1 Å². The predicted octanol–water partition coefficient (Wildman–Crippen LogP) is 3.70. The lowest BCUT2D eigenvalue weighted by Gasteiger charge is -2.38. The molecule has 3 heteroatoms. The van der Waals surface area contributed by atoms with Gasteiger partial charge in [0.25, 0.3) is 0 Å². The van der Waals surface area contributed by atoms with Gasteiger partial charge < -0.3 is 15.0 Å². The summed E-state index contributed by atoms with van der Waals surface area (Å²) >= 11 is 0. The van der Waals surface area contributed by atoms with Crippen molar-refractivity contribution in [3.05, 3.63) is 60.2 Å². The van der Waals surface area contributed by atoms with Crippen LogP contribution < -0.4 is 15.0 Å². The van der Waals surface area contributed by atoms with Gasteiger partial charge in [0.1, 0.15) is 5.75 Å². The fourth-order valence-electron chi connectivity index (χ4n) is 3.38. The van der Waals surface area contributed by atoms with Gasteiger partial charge in [0.2, 0.25) is 0 Å². The Hall–Kier alpha value is -2.00. The van der Waals surface area contributed by atoms with Crippen LogP contribution in [0.25, 0.3) is 0 Å². The van der Waals surface area contributed by atoms with Crippen LogP contribution in [0.5, 0.6) is 5.75 Å². The number of hydrogen-bond donors (Lipinski definition) is 1. The molecule has 0 radical (unpaired) electrons. The van der Waals surface area contributed by atoms with Crippen molar-refractivity contribution in [1.82, 2.24) is 5.32 Å². The zero-order chi connectivity index (χ0) is 16.1. The molecule has 1 N–H and O–H groups in total. The molecule has 2 atom stereocenters. The van der Waals surface area contributed by atoms with Gasteiger partial charge in [-0.2, -0.15) is 0 Å². The molecule has 2 aromatic carbocycles. The summed E-state index contributed by atoms with van der Waals surface area (Å²) in [6.07, 6.45) is 1.23. The first-order valence-electron chi connectivity index (χ1n) is 8.41. The summed E-state index contributed by atoms with van der Waals surface area (Å²) in [6, 6.07) is 19.5. The molecule has 2 aromatic rings. The van der Waals surface area contributed by atoms with Gasteiger partial charge in [-0.3, -0.25) is 0 Å². The SMILES string of the molecule is COc1cccc(N2CC(C)CC(NCc3ccccc3)C2)c1. The fraction of sp³-hybridized carbons (Fsp3) is 0.400. The van der Waals surface area contributed by atoms with Crippen LogP contribution in [0.3, 0.4) is 0 Å². The topological polar surface area (TPSA) is 24.5 Å². The minimum atomic E-state index is 0.519. The number of methoxy groups -OCH3 is 1. The molecule has 3 rings (SSSR count). The summed E-state index contributed by atoms with van der Waals surface area (Å²) in [5.74, 6) is 1.61. The number of hydrogen-bond acceptors (Lipinski definition) is 3. The molecule has 0 aromatic heterocycles. The Labute approximate surface area is 139 Å². The highest BCUT2D eigenvalue weighted by Gasteiger charge is 2.24. The van der Waals surface area contributed by atoms with Crippen molar-refractivity contribution < 1.29 is 4.74 Å². The first-order chi connectivity index (χ1) is 11.2. The Bertz CT molecular complexity index is 614. The second-order valence-electron chi connectivity index (χ2n) is 6.51. The van der Waals surface area contributed by atoms with Crippen LogP contribution >= 0.6 is 0 Å². The average Bonchev–Trinajstić information content (AvgIpc) is 2.60. The van der Waals surface area contributed by atoms with Crippen LogP contribution in [-0.2, 0) is 6.54 Å². The summed E-state index contributed by atoms with van der Waals surface area (Å²) in [4.78, 5) is 2.47. The van der Waals surface area contributed by atoms with Crippen LogP contribution in [0.2, 0.25) is 0 Å². The van der Waals surface area contributed by atoms with Crippen LogP contribution in [0.15, 0.2) is 54.6 Å². The van der Waals surface area contributed by atoms with E-state index in [0.717, 1.165) is 25.4 Å². The van der Waals surface area contributed by atoms with Crippen molar-refractivity contribution >= 4 is 5.69 Å². The standard InChI is InChI=1S/C20H26N2O/c1-16-11-18(21-13-17-7-4-3-5-8-17)15-22(14-16)19-9-6-10-20(12-19)23-2/h3-10,12,16,18,21H,11,13-15H2,1-2H3. The van der Waals surface area contributed by atoms with Gasteiger partial charge in [0.15, 0.2) is 0 Å². The number of rotatable bonds is 5. The molecule has 23 heavy (non-hydrogen) atoms. The second-order valence-corrected chi connectivity index (χ2v) is 6.51. The fourth-order valence-corrected chi connectivity index (χ4v) is 3.38. The monoisotopic (exact) mass is 310 g/mol. The Morgan fingerprint density at radius 2 is 1.91 bits per heavy atom. The maximum atomic E-state index is 5.36. The quantitative estimate of drug-likeness (QED) is 0.911. The molecule has 1 saturated heterocycles. The van der Waals surface area contributed by atoms with Gasteiger partial charge in [-0.05, 0) is 30.0 Å². The van der Waals surface area contributed by atoms with Gasteiger partial charge in [-0.25, -0.2) is 0 Å². The average molecular weight is 310 g/mol. The Morgan fingerprint density at radius 1 is 1.09 bits per heavy atom. The van der Waals surface area contributed by atoms with Crippen molar-refractivity contribution in [2.45, 2.75) is 25.9 Å². The largest absolute Gasteiger partial charge is 0.497 e. The maximum absolute atomic E-state index is 5.36. The third-order valence-corrected chi connectivity index (χ3v) is 4.52. The zero-order valence-corrected chi connectivity index (χ0v) is 14.0. The third-order valence-electron chi connectivity index (χ3n) is 4.52. The first kappa shape index (κ1) is 15.9. The van der Waals surface area contributed by atoms with Crippen LogP contribution in [0.1, 0.15) is 18.9 Å². The summed E-state index contributed by atoms with van der Waals surface area (Å²) in [5.41, 5.74) is 2.60. The number of nitrogens with zero attached hydrogens (tertiary/aromatic N) is 1. The predicted molar refractivity (Wildman–Crippen MR) is 96.1 cm³/mol. The number of ether oxygens (including phenoxy) is 1. The lowest BCUT2D eigenvalue weighted by atomic mass is 9.95. The van der Waals surface area contributed by atoms with E-state index in [1.165, 1.54) is 17.7 Å². The maximum Gasteiger partial charge on any atom is 0.120 e. The minimum Gasteiger partial charge on any atom is -0.497 e. The minimum absolute atomic E-state index is 0.519. The molecule has 3 nitrogen and oxygen atoms in total. The van der Waals surface area contributed by atoms with E-state index >= 15 is 0 Å². The molecular formula is C20H26N2O. The highest BCUT2D eigenvalue weighted by Crippen LogP contribution is 2.26. The number of anilines is 1. The number of nitrogens with one attached hydrogen (secondary N) is 1. The molecule has 2 unspecified atom stereocenters. The number of benzene rings is 2. The van der Waals surface area contributed by atoms with E-state index in [0.29, 0.717) is 12.0 Å². The summed E-state index contributed by atoms with van der Waals surface area (Å²) < 4.78 is 5.36. The van der Waals surface area contributed by atoms with Crippen molar-refractivity contribution in [3.8, 4) is 5.75 Å². The normalized spacial score (nSPS) is 21.2. The summed E-state index contributed by atoms with van der Waals surface area (Å²) in [7, 11) is 1.72. The van der Waals surface area contributed by atoms with E-state index in [1.54, 1.807) is 7.11 Å². The van der Waals surface area contributed by atoms with Gasteiger partial charge in [0.05, 0.1) is 7.11 Å². The summed E-state index contributed by atoms with van der Waals surface area (Å²) in [6.45, 7) is 5.43. The Balaban J connectivity index is 1.64. The van der Waals surface area contributed by atoms with E-state index in [4.69, 9.17) is 4.74 Å². The molecule has 0 amide bonds. The molecule has 0 bridgehead atoms. The first-order valence-corrected chi connectivity index (χ1v) is 8.41. The zero-order valence-electron chi connectivity index (χ0n) is 14.0. The molecule has 0 aliphatic carbocycles. The lowest BCUT2D eigenvalue weighted by molar-refractivity contribution is 0.349.